The fraction of sp³-hybridized carbons (Fsp3) is 0.240. The van der Waals surface area contributed by atoms with E-state index in [9.17, 15) is 13.2 Å². The summed E-state index contributed by atoms with van der Waals surface area (Å²) in [5.74, 6) is 0.423. The molecule has 0 fully saturated rings. The number of hydrogen-bond acceptors (Lipinski definition) is 4. The van der Waals surface area contributed by atoms with Crippen LogP contribution >= 0.6 is 0 Å². The molecule has 1 N–H and O–H groups in total. The van der Waals surface area contributed by atoms with Gasteiger partial charge in [0.25, 0.3) is 0 Å². The van der Waals surface area contributed by atoms with Crippen LogP contribution in [-0.4, -0.2) is 32.8 Å². The maximum Gasteiger partial charge on any atom is 0.243 e. The van der Waals surface area contributed by atoms with Crippen LogP contribution in [0.2, 0.25) is 0 Å². The molecule has 0 aliphatic carbocycles. The molecular formula is C25H28N2O4S. The largest absolute Gasteiger partial charge is 0.497 e. The van der Waals surface area contributed by atoms with Crippen molar-refractivity contribution >= 4 is 15.9 Å². The first kappa shape index (κ1) is 23.5. The summed E-state index contributed by atoms with van der Waals surface area (Å²) in [7, 11) is -0.727. The second-order valence-electron chi connectivity index (χ2n) is 7.59. The molecule has 0 unspecified atom stereocenters. The second kappa shape index (κ2) is 10.4. The van der Waals surface area contributed by atoms with Crippen molar-refractivity contribution in [1.29, 1.82) is 0 Å². The summed E-state index contributed by atoms with van der Waals surface area (Å²) < 4.78 is 32.9. The number of nitrogens with one attached hydrogen (secondary N) is 1. The highest BCUT2D eigenvalue weighted by Gasteiger charge is 2.30. The lowest BCUT2D eigenvalue weighted by molar-refractivity contribution is -0.122. The summed E-state index contributed by atoms with van der Waals surface area (Å²) in [4.78, 5) is 13.0. The standard InChI is InChI=1S/C25H28N2O4S/c1-19-9-11-20(12-10-19)18-26-25(28)17-24(21-13-15-22(31-3)16-14-21)27(2)32(29,30)23-7-5-4-6-8-23/h4-16,24H,17-18H2,1-3H3,(H,26,28)/t24-/m1/s1. The molecule has 3 rings (SSSR count). The number of ether oxygens (including phenoxy) is 1. The highest BCUT2D eigenvalue weighted by Crippen LogP contribution is 2.30. The van der Waals surface area contributed by atoms with Gasteiger partial charge in [-0.2, -0.15) is 4.31 Å². The Labute approximate surface area is 189 Å². The van der Waals surface area contributed by atoms with Crippen molar-refractivity contribution < 1.29 is 17.9 Å². The number of rotatable bonds is 9. The molecule has 1 atom stereocenters. The van der Waals surface area contributed by atoms with Crippen LogP contribution in [0.15, 0.2) is 83.8 Å². The fourth-order valence-electron chi connectivity index (χ4n) is 3.36. The average molecular weight is 453 g/mol. The molecule has 32 heavy (non-hydrogen) atoms. The van der Waals surface area contributed by atoms with Crippen LogP contribution in [0, 0.1) is 6.92 Å². The Balaban J connectivity index is 1.83. The van der Waals surface area contributed by atoms with Gasteiger partial charge < -0.3 is 10.1 Å². The number of methoxy groups -OCH3 is 1. The Kier molecular flexibility index (Phi) is 7.66. The molecule has 7 heteroatoms. The second-order valence-corrected chi connectivity index (χ2v) is 9.59. The highest BCUT2D eigenvalue weighted by atomic mass is 32.2. The number of carbonyl (C=O) groups is 1. The first-order chi connectivity index (χ1) is 15.3. The normalized spacial score (nSPS) is 12.4. The van der Waals surface area contributed by atoms with Gasteiger partial charge in [-0.3, -0.25) is 4.79 Å². The van der Waals surface area contributed by atoms with E-state index in [1.54, 1.807) is 61.7 Å². The van der Waals surface area contributed by atoms with E-state index in [-0.39, 0.29) is 17.2 Å². The lowest BCUT2D eigenvalue weighted by Crippen LogP contribution is -2.35. The van der Waals surface area contributed by atoms with Crippen molar-refractivity contribution in [3.8, 4) is 5.75 Å². The number of hydrogen-bond donors (Lipinski definition) is 1. The molecule has 0 heterocycles. The van der Waals surface area contributed by atoms with Gasteiger partial charge in [0.05, 0.1) is 18.0 Å². The van der Waals surface area contributed by atoms with Crippen LogP contribution in [0.4, 0.5) is 0 Å². The molecule has 3 aromatic rings. The summed E-state index contributed by atoms with van der Waals surface area (Å²) in [6.07, 6.45) is -0.0131. The van der Waals surface area contributed by atoms with Crippen molar-refractivity contribution in [2.24, 2.45) is 0 Å². The summed E-state index contributed by atoms with van der Waals surface area (Å²) in [5.41, 5.74) is 2.83. The number of sulfonamides is 1. The van der Waals surface area contributed by atoms with Crippen molar-refractivity contribution in [2.75, 3.05) is 14.2 Å². The summed E-state index contributed by atoms with van der Waals surface area (Å²) in [6, 6.07) is 22.5. The van der Waals surface area contributed by atoms with Gasteiger partial charge in [-0.15, -0.1) is 0 Å². The Hall–Kier alpha value is -3.16. The minimum atomic E-state index is -3.80. The first-order valence-corrected chi connectivity index (χ1v) is 11.7. The van der Waals surface area contributed by atoms with E-state index >= 15 is 0 Å². The first-order valence-electron chi connectivity index (χ1n) is 10.3. The number of benzene rings is 3. The van der Waals surface area contributed by atoms with Gasteiger partial charge in [-0.25, -0.2) is 8.42 Å². The zero-order valence-electron chi connectivity index (χ0n) is 18.5. The molecule has 0 aliphatic rings. The molecule has 0 spiro atoms. The Bertz CT molecular complexity index is 1130. The lowest BCUT2D eigenvalue weighted by Gasteiger charge is -2.28. The number of amides is 1. The zero-order chi connectivity index (χ0) is 23.1. The summed E-state index contributed by atoms with van der Waals surface area (Å²) in [5, 5.41) is 2.90. The topological polar surface area (TPSA) is 75.7 Å². The van der Waals surface area contributed by atoms with E-state index in [0.29, 0.717) is 17.9 Å². The molecule has 0 radical (unpaired) electrons. The zero-order valence-corrected chi connectivity index (χ0v) is 19.3. The molecule has 0 saturated carbocycles. The average Bonchev–Trinajstić information content (AvgIpc) is 2.82. The third-order valence-corrected chi connectivity index (χ3v) is 7.23. The number of carbonyl (C=O) groups excluding carboxylic acids is 1. The maximum absolute atomic E-state index is 13.2. The van der Waals surface area contributed by atoms with Crippen molar-refractivity contribution in [3.05, 3.63) is 95.6 Å². The molecule has 1 amide bonds. The smallest absolute Gasteiger partial charge is 0.243 e. The van der Waals surface area contributed by atoms with E-state index < -0.39 is 16.1 Å². The molecule has 0 aliphatic heterocycles. The lowest BCUT2D eigenvalue weighted by atomic mass is 10.0. The van der Waals surface area contributed by atoms with E-state index in [1.807, 2.05) is 31.2 Å². The van der Waals surface area contributed by atoms with Crippen LogP contribution in [-0.2, 0) is 21.4 Å². The van der Waals surface area contributed by atoms with Crippen LogP contribution in [0.5, 0.6) is 5.75 Å². The minimum Gasteiger partial charge on any atom is -0.497 e. The van der Waals surface area contributed by atoms with Crippen molar-refractivity contribution in [3.63, 3.8) is 0 Å². The SMILES string of the molecule is COc1ccc([C@@H](CC(=O)NCc2ccc(C)cc2)N(C)S(=O)(=O)c2ccccc2)cc1. The summed E-state index contributed by atoms with van der Waals surface area (Å²) >= 11 is 0. The quantitative estimate of drug-likeness (QED) is 0.531. The Morgan fingerprint density at radius 1 is 0.969 bits per heavy atom. The molecule has 6 nitrogen and oxygen atoms in total. The third-order valence-electron chi connectivity index (χ3n) is 5.35. The predicted octanol–water partition coefficient (Wildman–Crippen LogP) is 4.07. The maximum atomic E-state index is 13.2. The van der Waals surface area contributed by atoms with Crippen LogP contribution < -0.4 is 10.1 Å². The molecule has 0 aromatic heterocycles. The Morgan fingerprint density at radius 3 is 2.19 bits per heavy atom. The van der Waals surface area contributed by atoms with Gasteiger partial charge >= 0.3 is 0 Å². The van der Waals surface area contributed by atoms with E-state index in [0.717, 1.165) is 11.1 Å². The van der Waals surface area contributed by atoms with Crippen molar-refractivity contribution in [2.45, 2.75) is 30.8 Å². The van der Waals surface area contributed by atoms with Crippen LogP contribution in [0.25, 0.3) is 0 Å². The third kappa shape index (κ3) is 5.75. The van der Waals surface area contributed by atoms with Gasteiger partial charge in [0, 0.05) is 20.0 Å². The highest BCUT2D eigenvalue weighted by molar-refractivity contribution is 7.89. The molecule has 168 valence electrons. The van der Waals surface area contributed by atoms with Gasteiger partial charge in [0.15, 0.2) is 0 Å². The molecule has 3 aromatic carbocycles. The molecular weight excluding hydrogens is 424 g/mol. The molecule has 0 saturated heterocycles. The van der Waals surface area contributed by atoms with Gasteiger partial charge in [-0.1, -0.05) is 60.2 Å². The minimum absolute atomic E-state index is 0.0131. The summed E-state index contributed by atoms with van der Waals surface area (Å²) in [6.45, 7) is 2.38. The van der Waals surface area contributed by atoms with E-state index in [1.165, 1.54) is 11.4 Å². The monoisotopic (exact) mass is 452 g/mol. The van der Waals surface area contributed by atoms with Crippen molar-refractivity contribution in [1.82, 2.24) is 9.62 Å². The van der Waals surface area contributed by atoms with E-state index in [4.69, 9.17) is 4.74 Å². The van der Waals surface area contributed by atoms with Crippen LogP contribution in [0.3, 0.4) is 0 Å². The number of aryl methyl sites for hydroxylation is 1. The van der Waals surface area contributed by atoms with Gasteiger partial charge in [0.2, 0.25) is 15.9 Å². The Morgan fingerprint density at radius 2 is 1.59 bits per heavy atom. The van der Waals surface area contributed by atoms with Crippen LogP contribution in [0.1, 0.15) is 29.2 Å². The predicted molar refractivity (Wildman–Crippen MR) is 125 cm³/mol. The fourth-order valence-corrected chi connectivity index (χ4v) is 4.73. The van der Waals surface area contributed by atoms with Gasteiger partial charge in [0.1, 0.15) is 5.75 Å². The van der Waals surface area contributed by atoms with E-state index in [2.05, 4.69) is 5.32 Å². The molecule has 0 bridgehead atoms. The number of nitrogens with zero attached hydrogens (tertiary/aromatic N) is 1. The van der Waals surface area contributed by atoms with Gasteiger partial charge in [-0.05, 0) is 42.3 Å².